The number of morpholine rings is 1. The number of carbonyl (C=O) groups excluding carboxylic acids is 2. The normalized spacial score (nSPS) is 14.3. The number of nitrogens with zero attached hydrogens (tertiary/aromatic N) is 1. The van der Waals surface area contributed by atoms with Crippen molar-refractivity contribution in [1.82, 2.24) is 4.90 Å². The molecule has 1 saturated heterocycles. The van der Waals surface area contributed by atoms with Crippen LogP contribution in [0.1, 0.15) is 20.7 Å². The first-order chi connectivity index (χ1) is 13.0. The zero-order valence-corrected chi connectivity index (χ0v) is 15.2. The third-order valence-electron chi connectivity index (χ3n) is 4.05. The molecule has 2 aromatic rings. The van der Waals surface area contributed by atoms with Crippen molar-refractivity contribution in [3.05, 3.63) is 59.7 Å². The molecule has 1 heterocycles. The lowest BCUT2D eigenvalue weighted by Gasteiger charge is -2.27. The summed E-state index contributed by atoms with van der Waals surface area (Å²) in [7, 11) is 0. The zero-order valence-electron chi connectivity index (χ0n) is 14.4. The number of carbonyl (C=O) groups is 2. The maximum Gasteiger partial charge on any atom is 0.288 e. The Balaban J connectivity index is 1.73. The van der Waals surface area contributed by atoms with Crippen molar-refractivity contribution in [3.8, 4) is 0 Å². The highest BCUT2D eigenvalue weighted by Crippen LogP contribution is 2.25. The van der Waals surface area contributed by atoms with Gasteiger partial charge >= 0.3 is 0 Å². The molecular weight excluding hydrogens is 374 g/mol. The van der Waals surface area contributed by atoms with Gasteiger partial charge in [-0.05, 0) is 36.4 Å². The second-order valence-electron chi connectivity index (χ2n) is 5.81. The average molecular weight is 392 g/mol. The first kappa shape index (κ1) is 19.3. The minimum Gasteiger partial charge on any atom is -0.378 e. The molecule has 8 heteroatoms. The SMILES string of the molecule is O=C(Nc1ccccc1C(=O)N1CCOCC1)c1ccc(SC(F)F)cc1. The smallest absolute Gasteiger partial charge is 0.288 e. The van der Waals surface area contributed by atoms with E-state index in [9.17, 15) is 18.4 Å². The molecule has 1 fully saturated rings. The molecule has 5 nitrogen and oxygen atoms in total. The lowest BCUT2D eigenvalue weighted by atomic mass is 10.1. The quantitative estimate of drug-likeness (QED) is 0.788. The molecule has 27 heavy (non-hydrogen) atoms. The second-order valence-corrected chi connectivity index (χ2v) is 6.87. The predicted molar refractivity (Wildman–Crippen MR) is 99.4 cm³/mol. The number of para-hydroxylation sites is 1. The molecule has 0 radical (unpaired) electrons. The van der Waals surface area contributed by atoms with Gasteiger partial charge in [0.15, 0.2) is 0 Å². The summed E-state index contributed by atoms with van der Waals surface area (Å²) in [6, 6.07) is 12.7. The summed E-state index contributed by atoms with van der Waals surface area (Å²) in [4.78, 5) is 27.3. The number of anilines is 1. The molecular formula is C19H18F2N2O3S. The van der Waals surface area contributed by atoms with E-state index in [0.29, 0.717) is 59.8 Å². The van der Waals surface area contributed by atoms with Crippen molar-refractivity contribution in [1.29, 1.82) is 0 Å². The summed E-state index contributed by atoms with van der Waals surface area (Å²) in [6.45, 7) is 1.99. The van der Waals surface area contributed by atoms with Crippen molar-refractivity contribution in [2.75, 3.05) is 31.6 Å². The number of amides is 2. The Bertz CT molecular complexity index is 809. The predicted octanol–water partition coefficient (Wildman–Crippen LogP) is 3.73. The molecule has 0 atom stereocenters. The molecule has 0 saturated carbocycles. The Kier molecular flexibility index (Phi) is 6.41. The van der Waals surface area contributed by atoms with Crippen molar-refractivity contribution in [2.45, 2.75) is 10.7 Å². The number of rotatable bonds is 5. The highest BCUT2D eigenvalue weighted by Gasteiger charge is 2.21. The van der Waals surface area contributed by atoms with Gasteiger partial charge in [-0.1, -0.05) is 23.9 Å². The molecule has 0 unspecified atom stereocenters. The number of hydrogen-bond donors (Lipinski definition) is 1. The van der Waals surface area contributed by atoms with Gasteiger partial charge in [-0.25, -0.2) is 0 Å². The molecule has 0 aliphatic carbocycles. The van der Waals surface area contributed by atoms with Crippen LogP contribution in [0.15, 0.2) is 53.4 Å². The topological polar surface area (TPSA) is 58.6 Å². The number of halogens is 2. The van der Waals surface area contributed by atoms with Crippen molar-refractivity contribution in [3.63, 3.8) is 0 Å². The lowest BCUT2D eigenvalue weighted by Crippen LogP contribution is -2.41. The largest absolute Gasteiger partial charge is 0.378 e. The van der Waals surface area contributed by atoms with Crippen LogP contribution in [0, 0.1) is 0 Å². The summed E-state index contributed by atoms with van der Waals surface area (Å²) in [6.07, 6.45) is 0. The minimum atomic E-state index is -2.51. The fraction of sp³-hybridized carbons (Fsp3) is 0.263. The van der Waals surface area contributed by atoms with Crippen molar-refractivity contribution in [2.24, 2.45) is 0 Å². The first-order valence-electron chi connectivity index (χ1n) is 8.37. The van der Waals surface area contributed by atoms with E-state index in [1.54, 1.807) is 29.2 Å². The number of hydrogen-bond acceptors (Lipinski definition) is 4. The molecule has 2 aromatic carbocycles. The summed E-state index contributed by atoms with van der Waals surface area (Å²) in [5.41, 5.74) is 1.13. The van der Waals surface area contributed by atoms with Gasteiger partial charge in [0.05, 0.1) is 24.5 Å². The molecule has 0 spiro atoms. The van der Waals surface area contributed by atoms with Crippen LogP contribution < -0.4 is 5.32 Å². The monoisotopic (exact) mass is 392 g/mol. The molecule has 1 aliphatic heterocycles. The van der Waals surface area contributed by atoms with Crippen LogP contribution in [0.2, 0.25) is 0 Å². The van der Waals surface area contributed by atoms with E-state index in [1.165, 1.54) is 24.3 Å². The van der Waals surface area contributed by atoms with Gasteiger partial charge in [0.2, 0.25) is 0 Å². The van der Waals surface area contributed by atoms with Crippen LogP contribution in [0.4, 0.5) is 14.5 Å². The second kappa shape index (κ2) is 8.96. The lowest BCUT2D eigenvalue weighted by molar-refractivity contribution is 0.0303. The van der Waals surface area contributed by atoms with Crippen molar-refractivity contribution >= 4 is 29.3 Å². The highest BCUT2D eigenvalue weighted by molar-refractivity contribution is 7.99. The third kappa shape index (κ3) is 5.05. The maximum atomic E-state index is 12.7. The van der Waals surface area contributed by atoms with E-state index < -0.39 is 11.7 Å². The molecule has 0 bridgehead atoms. The first-order valence-corrected chi connectivity index (χ1v) is 9.25. The Morgan fingerprint density at radius 3 is 2.37 bits per heavy atom. The highest BCUT2D eigenvalue weighted by atomic mass is 32.2. The molecule has 142 valence electrons. The van der Waals surface area contributed by atoms with Gasteiger partial charge in [0.25, 0.3) is 17.6 Å². The van der Waals surface area contributed by atoms with Gasteiger partial charge in [0.1, 0.15) is 0 Å². The average Bonchev–Trinajstić information content (AvgIpc) is 2.68. The Morgan fingerprint density at radius 2 is 1.70 bits per heavy atom. The van der Waals surface area contributed by atoms with Crippen molar-refractivity contribution < 1.29 is 23.1 Å². The van der Waals surface area contributed by atoms with E-state index in [2.05, 4.69) is 5.32 Å². The standard InChI is InChI=1S/C19H18F2N2O3S/c20-19(21)27-14-7-5-13(6-8-14)17(24)22-16-4-2-1-3-15(16)18(25)23-9-11-26-12-10-23/h1-8,19H,9-12H2,(H,22,24). The van der Waals surface area contributed by atoms with Crippen LogP contribution in [-0.4, -0.2) is 48.8 Å². The van der Waals surface area contributed by atoms with Crippen LogP contribution in [0.5, 0.6) is 0 Å². The zero-order chi connectivity index (χ0) is 19.2. The van der Waals surface area contributed by atoms with Crippen LogP contribution in [0.3, 0.4) is 0 Å². The Morgan fingerprint density at radius 1 is 1.04 bits per heavy atom. The van der Waals surface area contributed by atoms with Gasteiger partial charge in [-0.2, -0.15) is 8.78 Å². The van der Waals surface area contributed by atoms with E-state index >= 15 is 0 Å². The minimum absolute atomic E-state index is 0.169. The fourth-order valence-electron chi connectivity index (χ4n) is 2.70. The molecule has 0 aromatic heterocycles. The maximum absolute atomic E-state index is 12.7. The summed E-state index contributed by atoms with van der Waals surface area (Å²) in [5.74, 6) is -3.09. The number of benzene rings is 2. The molecule has 1 aliphatic rings. The molecule has 3 rings (SSSR count). The van der Waals surface area contributed by atoms with Gasteiger partial charge in [-0.3, -0.25) is 9.59 Å². The number of ether oxygens (including phenoxy) is 1. The molecule has 1 N–H and O–H groups in total. The van der Waals surface area contributed by atoms with E-state index in [4.69, 9.17) is 4.74 Å². The van der Waals surface area contributed by atoms with Gasteiger partial charge in [-0.15, -0.1) is 0 Å². The fourth-order valence-corrected chi connectivity index (χ4v) is 3.20. The number of alkyl halides is 2. The van der Waals surface area contributed by atoms with Gasteiger partial charge < -0.3 is 15.0 Å². The van der Waals surface area contributed by atoms with Crippen LogP contribution in [0.25, 0.3) is 0 Å². The Hall–Kier alpha value is -2.45. The number of nitrogens with one attached hydrogen (secondary N) is 1. The number of thioether (sulfide) groups is 1. The summed E-state index contributed by atoms with van der Waals surface area (Å²) >= 11 is 0.420. The summed E-state index contributed by atoms with van der Waals surface area (Å²) in [5, 5.41) is 2.73. The third-order valence-corrected chi connectivity index (χ3v) is 4.77. The van der Waals surface area contributed by atoms with Crippen LogP contribution in [-0.2, 0) is 4.74 Å². The van der Waals surface area contributed by atoms with Gasteiger partial charge in [0, 0.05) is 23.5 Å². The van der Waals surface area contributed by atoms with Crippen LogP contribution >= 0.6 is 11.8 Å². The Labute approximate surface area is 159 Å². The molecule has 2 amide bonds. The van der Waals surface area contributed by atoms with E-state index in [-0.39, 0.29) is 5.91 Å². The van der Waals surface area contributed by atoms with E-state index in [1.807, 2.05) is 0 Å². The summed E-state index contributed by atoms with van der Waals surface area (Å²) < 4.78 is 30.0. The van der Waals surface area contributed by atoms with E-state index in [0.717, 1.165) is 0 Å².